The first kappa shape index (κ1) is 16.7. The summed E-state index contributed by atoms with van der Waals surface area (Å²) in [6, 6.07) is 5.93. The van der Waals surface area contributed by atoms with Crippen LogP contribution in [0.4, 0.5) is 0 Å². The van der Waals surface area contributed by atoms with E-state index >= 15 is 0 Å². The molecule has 25 heavy (non-hydrogen) atoms. The van der Waals surface area contributed by atoms with Crippen LogP contribution in [0.5, 0.6) is 11.5 Å². The van der Waals surface area contributed by atoms with Crippen LogP contribution in [0.2, 0.25) is 0 Å². The number of hydrogen-bond acceptors (Lipinski definition) is 4. The predicted molar refractivity (Wildman–Crippen MR) is 95.8 cm³/mol. The maximum absolute atomic E-state index is 13.4. The Morgan fingerprint density at radius 2 is 2.12 bits per heavy atom. The van der Waals surface area contributed by atoms with Gasteiger partial charge < -0.3 is 19.7 Å². The highest BCUT2D eigenvalue weighted by Crippen LogP contribution is 2.69. The molecule has 0 bridgehead atoms. The molecule has 1 aliphatic carbocycles. The Morgan fingerprint density at radius 1 is 1.32 bits per heavy atom. The number of carbonyl (C=O) groups excluding carboxylic acids is 1. The molecule has 3 aliphatic rings. The van der Waals surface area contributed by atoms with E-state index in [1.54, 1.807) is 7.11 Å². The van der Waals surface area contributed by atoms with Crippen molar-refractivity contribution in [1.82, 2.24) is 10.2 Å². The fourth-order valence-corrected chi connectivity index (χ4v) is 4.82. The van der Waals surface area contributed by atoms with Gasteiger partial charge >= 0.3 is 0 Å². The number of nitrogens with one attached hydrogen (secondary N) is 1. The second-order valence-corrected chi connectivity index (χ2v) is 7.92. The molecule has 2 heterocycles. The number of ether oxygens (including phenoxy) is 2. The summed E-state index contributed by atoms with van der Waals surface area (Å²) in [6.07, 6.45) is 4.14. The van der Waals surface area contributed by atoms with E-state index in [1.165, 1.54) is 0 Å². The molecule has 1 amide bonds. The average molecular weight is 344 g/mol. The molecule has 1 aromatic carbocycles. The Balaban J connectivity index is 1.57. The average Bonchev–Trinajstić information content (AvgIpc) is 3.19. The Labute approximate surface area is 149 Å². The third-order valence-electron chi connectivity index (χ3n) is 6.52. The van der Waals surface area contributed by atoms with Gasteiger partial charge in [0.1, 0.15) is 0 Å². The molecule has 1 unspecified atom stereocenters. The molecule has 2 aliphatic heterocycles. The summed E-state index contributed by atoms with van der Waals surface area (Å²) in [4.78, 5) is 15.5. The van der Waals surface area contributed by atoms with Crippen molar-refractivity contribution in [1.29, 1.82) is 0 Å². The summed E-state index contributed by atoms with van der Waals surface area (Å²) < 4.78 is 11.4. The van der Waals surface area contributed by atoms with Crippen molar-refractivity contribution < 1.29 is 14.3 Å². The molecule has 1 N–H and O–H groups in total. The first-order valence-electron chi connectivity index (χ1n) is 9.38. The van der Waals surface area contributed by atoms with E-state index in [-0.39, 0.29) is 10.8 Å². The lowest BCUT2D eigenvalue weighted by atomic mass is 9.85. The minimum atomic E-state index is -0.186. The molecule has 2 fully saturated rings. The van der Waals surface area contributed by atoms with Crippen LogP contribution >= 0.6 is 0 Å². The van der Waals surface area contributed by atoms with Gasteiger partial charge in [-0.15, -0.1) is 0 Å². The maximum atomic E-state index is 13.4. The van der Waals surface area contributed by atoms with Crippen molar-refractivity contribution in [3.63, 3.8) is 0 Å². The van der Waals surface area contributed by atoms with E-state index in [9.17, 15) is 4.79 Å². The topological polar surface area (TPSA) is 50.8 Å². The van der Waals surface area contributed by atoms with Crippen LogP contribution in [0.1, 0.15) is 38.2 Å². The van der Waals surface area contributed by atoms with Gasteiger partial charge in [0.25, 0.3) is 0 Å². The fourth-order valence-electron chi connectivity index (χ4n) is 4.82. The number of benzene rings is 1. The zero-order valence-corrected chi connectivity index (χ0v) is 15.3. The summed E-state index contributed by atoms with van der Waals surface area (Å²) >= 11 is 0. The Bertz CT molecular complexity index is 669. The van der Waals surface area contributed by atoms with Crippen LogP contribution in [0.25, 0.3) is 0 Å². The Kier molecular flexibility index (Phi) is 4.14. The van der Waals surface area contributed by atoms with E-state index in [1.807, 2.05) is 18.2 Å². The number of piperidine rings is 1. The van der Waals surface area contributed by atoms with E-state index in [0.29, 0.717) is 19.1 Å². The number of amides is 1. The Morgan fingerprint density at radius 3 is 2.88 bits per heavy atom. The number of rotatable bonds is 2. The molecule has 0 aromatic heterocycles. The number of nitrogens with zero attached hydrogens (tertiary/aromatic N) is 1. The zero-order chi connectivity index (χ0) is 17.5. The lowest BCUT2D eigenvalue weighted by molar-refractivity contribution is -0.139. The van der Waals surface area contributed by atoms with E-state index in [2.05, 4.69) is 17.1 Å². The number of hydrogen-bond donors (Lipinski definition) is 1. The molecular formula is C20H28N2O3. The van der Waals surface area contributed by atoms with E-state index in [0.717, 1.165) is 62.4 Å². The van der Waals surface area contributed by atoms with Crippen molar-refractivity contribution in [2.75, 3.05) is 33.4 Å². The van der Waals surface area contributed by atoms with Gasteiger partial charge in [-0.1, -0.05) is 19.1 Å². The molecule has 0 radical (unpaired) electrons. The summed E-state index contributed by atoms with van der Waals surface area (Å²) in [5.41, 5.74) is 1.08. The summed E-state index contributed by atoms with van der Waals surface area (Å²) in [5.74, 6) is 1.87. The highest BCUT2D eigenvalue weighted by atomic mass is 16.5. The second kappa shape index (κ2) is 6.20. The van der Waals surface area contributed by atoms with E-state index < -0.39 is 0 Å². The quantitative estimate of drug-likeness (QED) is 0.896. The highest BCUT2D eigenvalue weighted by Gasteiger charge is 2.68. The van der Waals surface area contributed by atoms with Crippen LogP contribution in [-0.2, 0) is 11.3 Å². The molecule has 4 rings (SSSR count). The minimum Gasteiger partial charge on any atom is -0.493 e. The molecule has 136 valence electrons. The number of fused-ring (bicyclic) bond motifs is 1. The second-order valence-electron chi connectivity index (χ2n) is 7.92. The van der Waals surface area contributed by atoms with Crippen LogP contribution in [-0.4, -0.2) is 44.2 Å². The third kappa shape index (κ3) is 2.69. The predicted octanol–water partition coefficient (Wildman–Crippen LogP) is 2.59. The number of carbonyl (C=O) groups is 1. The standard InChI is InChI=1S/C20H28N2O3/c1-19(14-20(19)7-9-21-10-8-20)18(23)22-11-4-12-25-17-15(13-22)5-3-6-16(17)24-2/h3,5-6,21H,4,7-14H2,1-2H3. The van der Waals surface area contributed by atoms with Crippen LogP contribution in [0.15, 0.2) is 18.2 Å². The van der Waals surface area contributed by atoms with Gasteiger partial charge in [0.2, 0.25) is 5.91 Å². The molecular weight excluding hydrogens is 316 g/mol. The monoisotopic (exact) mass is 344 g/mol. The minimum absolute atomic E-state index is 0.186. The molecule has 1 aromatic rings. The molecule has 1 saturated carbocycles. The zero-order valence-electron chi connectivity index (χ0n) is 15.3. The van der Waals surface area contributed by atoms with Gasteiger partial charge in [0.05, 0.1) is 19.1 Å². The van der Waals surface area contributed by atoms with Crippen molar-refractivity contribution in [2.45, 2.75) is 39.2 Å². The van der Waals surface area contributed by atoms with E-state index in [4.69, 9.17) is 9.47 Å². The lowest BCUT2D eigenvalue weighted by Crippen LogP contribution is -2.42. The van der Waals surface area contributed by atoms with Crippen molar-refractivity contribution in [2.24, 2.45) is 10.8 Å². The summed E-state index contributed by atoms with van der Waals surface area (Å²) in [7, 11) is 1.66. The van der Waals surface area contributed by atoms with Gasteiger partial charge in [-0.25, -0.2) is 0 Å². The SMILES string of the molecule is COc1cccc2c1OCCCN(C(=O)C1(C)CC13CCNCC3)C2. The van der Waals surface area contributed by atoms with Gasteiger partial charge in [0.15, 0.2) is 11.5 Å². The molecule has 5 nitrogen and oxygen atoms in total. The maximum Gasteiger partial charge on any atom is 0.229 e. The molecule has 1 spiro atoms. The molecule has 1 atom stereocenters. The van der Waals surface area contributed by atoms with Gasteiger partial charge in [-0.05, 0) is 50.3 Å². The van der Waals surface area contributed by atoms with Crippen molar-refractivity contribution in [3.05, 3.63) is 23.8 Å². The number of para-hydroxylation sites is 1. The summed E-state index contributed by atoms with van der Waals surface area (Å²) in [5, 5.41) is 3.43. The third-order valence-corrected chi connectivity index (χ3v) is 6.52. The first-order valence-corrected chi connectivity index (χ1v) is 9.38. The van der Waals surface area contributed by atoms with Gasteiger partial charge in [0, 0.05) is 18.7 Å². The largest absolute Gasteiger partial charge is 0.493 e. The van der Waals surface area contributed by atoms with Gasteiger partial charge in [-0.3, -0.25) is 4.79 Å². The van der Waals surface area contributed by atoms with Crippen molar-refractivity contribution in [3.8, 4) is 11.5 Å². The smallest absolute Gasteiger partial charge is 0.229 e. The first-order chi connectivity index (χ1) is 12.1. The van der Waals surface area contributed by atoms with Crippen LogP contribution < -0.4 is 14.8 Å². The van der Waals surface area contributed by atoms with Crippen molar-refractivity contribution >= 4 is 5.91 Å². The van der Waals surface area contributed by atoms with Crippen LogP contribution in [0.3, 0.4) is 0 Å². The normalized spacial score (nSPS) is 27.7. The number of methoxy groups -OCH3 is 1. The Hall–Kier alpha value is -1.75. The molecule has 1 saturated heterocycles. The summed E-state index contributed by atoms with van der Waals surface area (Å²) in [6.45, 7) is 6.24. The lowest BCUT2D eigenvalue weighted by Gasteiger charge is -2.33. The highest BCUT2D eigenvalue weighted by molar-refractivity contribution is 5.87. The molecule has 5 heteroatoms. The van der Waals surface area contributed by atoms with Crippen LogP contribution in [0, 0.1) is 10.8 Å². The van der Waals surface area contributed by atoms with Gasteiger partial charge in [-0.2, -0.15) is 0 Å². The fraction of sp³-hybridized carbons (Fsp3) is 0.650.